The van der Waals surface area contributed by atoms with Gasteiger partial charge >= 0.3 is 0 Å². The van der Waals surface area contributed by atoms with Gasteiger partial charge in [0.15, 0.2) is 0 Å². The Morgan fingerprint density at radius 1 is 1.15 bits per heavy atom. The van der Waals surface area contributed by atoms with Crippen LogP contribution in [0.15, 0.2) is 18.2 Å². The van der Waals surface area contributed by atoms with E-state index in [-0.39, 0.29) is 11.5 Å². The molecule has 0 radical (unpaired) electrons. The van der Waals surface area contributed by atoms with Gasteiger partial charge in [0.05, 0.1) is 11.5 Å². The van der Waals surface area contributed by atoms with E-state index < -0.39 is 0 Å². The van der Waals surface area contributed by atoms with E-state index >= 15 is 0 Å². The van der Waals surface area contributed by atoms with Crippen LogP contribution >= 0.6 is 11.6 Å². The number of hydrogen-bond donors (Lipinski definition) is 1. The lowest BCUT2D eigenvalue weighted by atomic mass is 9.78. The molecule has 0 aromatic heterocycles. The number of rotatable bonds is 2. The summed E-state index contributed by atoms with van der Waals surface area (Å²) in [5.41, 5.74) is 2.17. The number of carbonyl (C=O) groups excluding carboxylic acids is 1. The average Bonchev–Trinajstić information content (AvgIpc) is 2.92. The van der Waals surface area contributed by atoms with Crippen molar-refractivity contribution in [1.29, 1.82) is 0 Å². The smallest absolute Gasteiger partial charge is 0.230 e. The Morgan fingerprint density at radius 2 is 1.92 bits per heavy atom. The first-order valence-corrected chi connectivity index (χ1v) is 10.4. The Hall–Kier alpha value is -1.26. The molecular weight excluding hydrogens is 348 g/mol. The average molecular weight is 377 g/mol. The molecule has 3 aliphatic rings. The second kappa shape index (κ2) is 7.05. The van der Waals surface area contributed by atoms with Crippen molar-refractivity contribution in [3.8, 4) is 0 Å². The molecule has 0 unspecified atom stereocenters. The number of likely N-dealkylation sites (tertiary alicyclic amines) is 1. The van der Waals surface area contributed by atoms with Crippen molar-refractivity contribution in [2.75, 3.05) is 24.5 Å². The van der Waals surface area contributed by atoms with E-state index in [2.05, 4.69) is 22.8 Å². The highest BCUT2D eigenvalue weighted by atomic mass is 35.5. The number of aryl methyl sites for hydroxylation is 1. The highest BCUT2D eigenvalue weighted by Crippen LogP contribution is 2.44. The van der Waals surface area contributed by atoms with Gasteiger partial charge in [0.1, 0.15) is 0 Å². The third-order valence-corrected chi connectivity index (χ3v) is 6.96. The Morgan fingerprint density at radius 3 is 2.65 bits per heavy atom. The number of nitrogens with zero attached hydrogens (tertiary/aromatic N) is 2. The van der Waals surface area contributed by atoms with Crippen LogP contribution in [0.4, 0.5) is 5.69 Å². The summed E-state index contributed by atoms with van der Waals surface area (Å²) in [6, 6.07) is 6.38. The van der Waals surface area contributed by atoms with Crippen LogP contribution in [-0.2, 0) is 4.79 Å². The molecule has 1 saturated carbocycles. The molecule has 1 N–H and O–H groups in total. The van der Waals surface area contributed by atoms with Gasteiger partial charge in [-0.05, 0) is 75.6 Å². The third kappa shape index (κ3) is 3.22. The predicted molar refractivity (Wildman–Crippen MR) is 105 cm³/mol. The largest absolute Gasteiger partial charge is 0.393 e. The van der Waals surface area contributed by atoms with Crippen LogP contribution in [0, 0.1) is 12.3 Å². The summed E-state index contributed by atoms with van der Waals surface area (Å²) >= 11 is 6.12. The van der Waals surface area contributed by atoms with Crippen molar-refractivity contribution in [3.63, 3.8) is 0 Å². The Kier molecular flexibility index (Phi) is 4.91. The van der Waals surface area contributed by atoms with Crippen LogP contribution in [0.3, 0.4) is 0 Å². The van der Waals surface area contributed by atoms with Gasteiger partial charge in [-0.2, -0.15) is 0 Å². The first kappa shape index (κ1) is 18.1. The Bertz CT molecular complexity index is 687. The number of aliphatic hydroxyl groups excluding tert-OH is 1. The number of piperidine rings is 1. The van der Waals surface area contributed by atoms with E-state index in [0.29, 0.717) is 11.9 Å². The summed E-state index contributed by atoms with van der Waals surface area (Å²) in [4.78, 5) is 17.9. The zero-order valence-corrected chi connectivity index (χ0v) is 16.3. The van der Waals surface area contributed by atoms with Crippen molar-refractivity contribution < 1.29 is 9.90 Å². The van der Waals surface area contributed by atoms with E-state index in [0.717, 1.165) is 69.6 Å². The summed E-state index contributed by atoms with van der Waals surface area (Å²) in [5, 5.41) is 10.5. The molecule has 1 aromatic rings. The van der Waals surface area contributed by atoms with Crippen LogP contribution in [0.25, 0.3) is 0 Å². The van der Waals surface area contributed by atoms with Gasteiger partial charge < -0.3 is 14.9 Å². The molecule has 1 aromatic carbocycles. The van der Waals surface area contributed by atoms with Crippen molar-refractivity contribution in [3.05, 3.63) is 28.8 Å². The molecule has 4 rings (SSSR count). The number of carbonyl (C=O) groups is 1. The maximum Gasteiger partial charge on any atom is 0.230 e. The van der Waals surface area contributed by atoms with Gasteiger partial charge in [-0.15, -0.1) is 0 Å². The number of halogens is 1. The number of amides is 1. The summed E-state index contributed by atoms with van der Waals surface area (Å²) in [7, 11) is 0. The zero-order valence-electron chi connectivity index (χ0n) is 15.6. The van der Waals surface area contributed by atoms with Crippen LogP contribution in [0.1, 0.15) is 50.5 Å². The van der Waals surface area contributed by atoms with E-state index in [1.807, 2.05) is 12.1 Å². The SMILES string of the molecule is Cc1cc(Cl)ccc1N1CCC[C@@]2(CCN([C@H]3CC[C@H](O)CC3)C2=O)C1. The number of anilines is 1. The fourth-order valence-corrected chi connectivity index (χ4v) is 5.48. The van der Waals surface area contributed by atoms with Crippen molar-refractivity contribution >= 4 is 23.2 Å². The van der Waals surface area contributed by atoms with E-state index in [1.165, 1.54) is 11.3 Å². The normalized spacial score (nSPS) is 32.5. The molecule has 0 bridgehead atoms. The molecule has 2 saturated heterocycles. The molecule has 2 heterocycles. The molecular formula is C21H29ClN2O2. The van der Waals surface area contributed by atoms with Gasteiger partial charge in [-0.3, -0.25) is 4.79 Å². The van der Waals surface area contributed by atoms with Crippen molar-refractivity contribution in [2.24, 2.45) is 5.41 Å². The van der Waals surface area contributed by atoms with Crippen LogP contribution in [0.2, 0.25) is 5.02 Å². The van der Waals surface area contributed by atoms with Gasteiger partial charge in [0.2, 0.25) is 5.91 Å². The van der Waals surface area contributed by atoms with E-state index in [4.69, 9.17) is 11.6 Å². The van der Waals surface area contributed by atoms with Crippen LogP contribution < -0.4 is 4.90 Å². The van der Waals surface area contributed by atoms with Gasteiger partial charge in [0.25, 0.3) is 0 Å². The first-order chi connectivity index (χ1) is 12.5. The Balaban J connectivity index is 1.50. The molecule has 1 aliphatic carbocycles. The molecule has 142 valence electrons. The quantitative estimate of drug-likeness (QED) is 0.854. The summed E-state index contributed by atoms with van der Waals surface area (Å²) in [6.07, 6.45) is 6.41. The second-order valence-electron chi connectivity index (χ2n) is 8.45. The lowest BCUT2D eigenvalue weighted by Crippen LogP contribution is -2.50. The zero-order chi connectivity index (χ0) is 18.3. The highest BCUT2D eigenvalue weighted by molar-refractivity contribution is 6.30. The topological polar surface area (TPSA) is 43.8 Å². The Labute approximate surface area is 161 Å². The second-order valence-corrected chi connectivity index (χ2v) is 8.88. The van der Waals surface area contributed by atoms with Gasteiger partial charge in [0, 0.05) is 36.4 Å². The molecule has 3 fully saturated rings. The maximum absolute atomic E-state index is 13.4. The third-order valence-electron chi connectivity index (χ3n) is 6.73. The lowest BCUT2D eigenvalue weighted by Gasteiger charge is -2.42. The van der Waals surface area contributed by atoms with Gasteiger partial charge in [-0.25, -0.2) is 0 Å². The standard InChI is InChI=1S/C21H29ClN2O2/c1-15-13-16(22)3-8-19(15)23-11-2-9-21(14-23)10-12-24(20(21)26)17-4-6-18(25)7-5-17/h3,8,13,17-18,25H,2,4-7,9-12,14H2,1H3/t17-,18-,21-/m1/s1. The number of aliphatic hydroxyl groups is 1. The van der Waals surface area contributed by atoms with E-state index in [9.17, 15) is 9.90 Å². The molecule has 4 nitrogen and oxygen atoms in total. The molecule has 5 heteroatoms. The van der Waals surface area contributed by atoms with Crippen LogP contribution in [-0.4, -0.2) is 47.7 Å². The molecule has 26 heavy (non-hydrogen) atoms. The minimum Gasteiger partial charge on any atom is -0.393 e. The maximum atomic E-state index is 13.4. The first-order valence-electron chi connectivity index (χ1n) is 9.99. The number of hydrogen-bond acceptors (Lipinski definition) is 3. The predicted octanol–water partition coefficient (Wildman–Crippen LogP) is 3.77. The van der Waals surface area contributed by atoms with Gasteiger partial charge in [-0.1, -0.05) is 11.6 Å². The monoisotopic (exact) mass is 376 g/mol. The highest BCUT2D eigenvalue weighted by Gasteiger charge is 2.50. The number of benzene rings is 1. The van der Waals surface area contributed by atoms with Crippen molar-refractivity contribution in [2.45, 2.75) is 64.0 Å². The fourth-order valence-electron chi connectivity index (χ4n) is 5.26. The molecule has 2 aliphatic heterocycles. The van der Waals surface area contributed by atoms with Crippen LogP contribution in [0.5, 0.6) is 0 Å². The minimum atomic E-state index is -0.222. The lowest BCUT2D eigenvalue weighted by molar-refractivity contribution is -0.139. The summed E-state index contributed by atoms with van der Waals surface area (Å²) in [5.74, 6) is 0.357. The molecule has 1 atom stereocenters. The summed E-state index contributed by atoms with van der Waals surface area (Å²) < 4.78 is 0. The fraction of sp³-hybridized carbons (Fsp3) is 0.667. The van der Waals surface area contributed by atoms with Crippen molar-refractivity contribution in [1.82, 2.24) is 4.90 Å². The molecule has 1 spiro atoms. The van der Waals surface area contributed by atoms with E-state index in [1.54, 1.807) is 0 Å². The summed E-state index contributed by atoms with van der Waals surface area (Å²) in [6.45, 7) is 4.80. The minimum absolute atomic E-state index is 0.170. The molecule has 1 amide bonds.